The average Bonchev–Trinajstić information content (AvgIpc) is 2.90. The van der Waals surface area contributed by atoms with Gasteiger partial charge in [-0.25, -0.2) is 4.39 Å². The Kier molecular flexibility index (Phi) is 4.99. The lowest BCUT2D eigenvalue weighted by molar-refractivity contribution is -0.144. The summed E-state index contributed by atoms with van der Waals surface area (Å²) in [5.41, 5.74) is 0.128. The van der Waals surface area contributed by atoms with Crippen molar-refractivity contribution in [2.24, 2.45) is 0 Å². The molecule has 112 valence electrons. The van der Waals surface area contributed by atoms with Crippen LogP contribution in [-0.4, -0.2) is 29.8 Å². The van der Waals surface area contributed by atoms with Crippen LogP contribution in [-0.2, 0) is 20.9 Å². The zero-order valence-corrected chi connectivity index (χ0v) is 11.7. The fourth-order valence-electron chi connectivity index (χ4n) is 1.87. The molecular formula is C14H15FN2O4. The lowest BCUT2D eigenvalue weighted by atomic mass is 9.98. The Morgan fingerprint density at radius 2 is 2.19 bits per heavy atom. The van der Waals surface area contributed by atoms with Crippen LogP contribution in [0.3, 0.4) is 0 Å². The zero-order valence-electron chi connectivity index (χ0n) is 11.7. The highest BCUT2D eigenvalue weighted by Gasteiger charge is 2.32. The molecule has 2 rings (SSSR count). The number of methoxy groups -OCH3 is 1. The summed E-state index contributed by atoms with van der Waals surface area (Å²) in [6, 6.07) is 5.90. The summed E-state index contributed by atoms with van der Waals surface area (Å²) in [4.78, 5) is 16.2. The molecule has 1 atom stereocenters. The van der Waals surface area contributed by atoms with Crippen LogP contribution in [0.5, 0.6) is 0 Å². The number of aromatic nitrogens is 2. The van der Waals surface area contributed by atoms with Crippen molar-refractivity contribution in [3.05, 3.63) is 47.4 Å². The molecule has 0 bridgehead atoms. The van der Waals surface area contributed by atoms with Crippen molar-refractivity contribution in [1.29, 1.82) is 0 Å². The number of hydrogen-bond donors (Lipinski definition) is 0. The first-order valence-electron chi connectivity index (χ1n) is 6.39. The van der Waals surface area contributed by atoms with Crippen LogP contribution >= 0.6 is 0 Å². The Labute approximate surface area is 120 Å². The molecule has 0 saturated carbocycles. The van der Waals surface area contributed by atoms with Gasteiger partial charge in [0.25, 0.3) is 0 Å². The normalized spacial score (nSPS) is 12.1. The number of halogens is 1. The van der Waals surface area contributed by atoms with Crippen LogP contribution in [0.2, 0.25) is 0 Å². The Morgan fingerprint density at radius 1 is 1.43 bits per heavy atom. The molecule has 0 amide bonds. The van der Waals surface area contributed by atoms with Gasteiger partial charge < -0.3 is 14.0 Å². The summed E-state index contributed by atoms with van der Waals surface area (Å²) in [5, 5.41) is 3.68. The van der Waals surface area contributed by atoms with Crippen LogP contribution < -0.4 is 0 Å². The van der Waals surface area contributed by atoms with E-state index in [2.05, 4.69) is 10.1 Å². The molecule has 1 heterocycles. The maximum absolute atomic E-state index is 14.0. The van der Waals surface area contributed by atoms with E-state index in [0.717, 1.165) is 0 Å². The number of carbonyl (C=O) groups excluding carboxylic acids is 1. The largest absolute Gasteiger partial charge is 0.465 e. The molecule has 1 aromatic carbocycles. The SMILES string of the molecule is CCOC(=O)C(c1nc(COC)no1)c1ccccc1F. The van der Waals surface area contributed by atoms with Crippen molar-refractivity contribution < 1.29 is 23.2 Å². The topological polar surface area (TPSA) is 74.5 Å². The molecule has 0 saturated heterocycles. The summed E-state index contributed by atoms with van der Waals surface area (Å²) in [5.74, 6) is -2.02. The second-order valence-electron chi connectivity index (χ2n) is 4.19. The number of ether oxygens (including phenoxy) is 2. The van der Waals surface area contributed by atoms with E-state index in [4.69, 9.17) is 14.0 Å². The predicted octanol–water partition coefficient (Wildman–Crippen LogP) is 2.05. The third-order valence-electron chi connectivity index (χ3n) is 2.74. The van der Waals surface area contributed by atoms with Gasteiger partial charge in [0.15, 0.2) is 11.7 Å². The van der Waals surface area contributed by atoms with E-state index in [0.29, 0.717) is 0 Å². The van der Waals surface area contributed by atoms with E-state index in [9.17, 15) is 9.18 Å². The highest BCUT2D eigenvalue weighted by atomic mass is 19.1. The second kappa shape index (κ2) is 6.94. The number of carbonyl (C=O) groups is 1. The zero-order chi connectivity index (χ0) is 15.2. The first-order valence-corrected chi connectivity index (χ1v) is 6.39. The summed E-state index contributed by atoms with van der Waals surface area (Å²) >= 11 is 0. The van der Waals surface area contributed by atoms with Crippen LogP contribution in [0.4, 0.5) is 4.39 Å². The van der Waals surface area contributed by atoms with Gasteiger partial charge in [-0.15, -0.1) is 0 Å². The molecule has 0 aliphatic rings. The van der Waals surface area contributed by atoms with Crippen molar-refractivity contribution in [3.8, 4) is 0 Å². The molecule has 0 aliphatic heterocycles. The summed E-state index contributed by atoms with van der Waals surface area (Å²) in [6.45, 7) is 1.97. The van der Waals surface area contributed by atoms with Crippen molar-refractivity contribution in [2.75, 3.05) is 13.7 Å². The minimum Gasteiger partial charge on any atom is -0.465 e. The summed E-state index contributed by atoms with van der Waals surface area (Å²) < 4.78 is 28.9. The third kappa shape index (κ3) is 3.43. The fourth-order valence-corrected chi connectivity index (χ4v) is 1.87. The van der Waals surface area contributed by atoms with Gasteiger partial charge in [0.2, 0.25) is 5.89 Å². The first kappa shape index (κ1) is 15.1. The molecule has 0 N–H and O–H groups in total. The van der Waals surface area contributed by atoms with Gasteiger partial charge in [0.05, 0.1) is 6.61 Å². The van der Waals surface area contributed by atoms with E-state index in [1.54, 1.807) is 13.0 Å². The van der Waals surface area contributed by atoms with E-state index in [-0.39, 0.29) is 30.5 Å². The molecule has 1 aromatic heterocycles. The van der Waals surface area contributed by atoms with Crippen molar-refractivity contribution in [2.45, 2.75) is 19.4 Å². The molecule has 0 spiro atoms. The first-order chi connectivity index (χ1) is 10.2. The Hall–Kier alpha value is -2.28. The second-order valence-corrected chi connectivity index (χ2v) is 4.19. The highest BCUT2D eigenvalue weighted by molar-refractivity contribution is 5.80. The van der Waals surface area contributed by atoms with Gasteiger partial charge in [-0.3, -0.25) is 4.79 Å². The molecule has 0 fully saturated rings. The van der Waals surface area contributed by atoms with E-state index in [1.165, 1.54) is 25.3 Å². The van der Waals surface area contributed by atoms with E-state index in [1.807, 2.05) is 0 Å². The number of hydrogen-bond acceptors (Lipinski definition) is 6. The van der Waals surface area contributed by atoms with Crippen LogP contribution in [0.1, 0.15) is 30.1 Å². The lowest BCUT2D eigenvalue weighted by Crippen LogP contribution is -2.19. The van der Waals surface area contributed by atoms with Crippen LogP contribution in [0, 0.1) is 5.82 Å². The Morgan fingerprint density at radius 3 is 2.86 bits per heavy atom. The maximum Gasteiger partial charge on any atom is 0.323 e. The lowest BCUT2D eigenvalue weighted by Gasteiger charge is -2.12. The van der Waals surface area contributed by atoms with E-state index < -0.39 is 17.7 Å². The number of nitrogens with zero attached hydrogens (tertiary/aromatic N) is 2. The molecule has 6 nitrogen and oxygen atoms in total. The molecule has 21 heavy (non-hydrogen) atoms. The van der Waals surface area contributed by atoms with Crippen molar-refractivity contribution >= 4 is 5.97 Å². The maximum atomic E-state index is 14.0. The minimum atomic E-state index is -1.09. The minimum absolute atomic E-state index is 0.0226. The predicted molar refractivity (Wildman–Crippen MR) is 69.9 cm³/mol. The van der Waals surface area contributed by atoms with Gasteiger partial charge in [-0.1, -0.05) is 23.4 Å². The number of benzene rings is 1. The van der Waals surface area contributed by atoms with Gasteiger partial charge in [-0.2, -0.15) is 4.98 Å². The number of rotatable bonds is 6. The molecule has 7 heteroatoms. The van der Waals surface area contributed by atoms with Crippen molar-refractivity contribution in [3.63, 3.8) is 0 Å². The van der Waals surface area contributed by atoms with Crippen molar-refractivity contribution in [1.82, 2.24) is 10.1 Å². The van der Waals surface area contributed by atoms with Gasteiger partial charge in [-0.05, 0) is 13.0 Å². The molecule has 1 unspecified atom stereocenters. The quantitative estimate of drug-likeness (QED) is 0.759. The number of esters is 1. The molecular weight excluding hydrogens is 279 g/mol. The van der Waals surface area contributed by atoms with Crippen LogP contribution in [0.15, 0.2) is 28.8 Å². The average molecular weight is 294 g/mol. The Balaban J connectivity index is 2.40. The van der Waals surface area contributed by atoms with Gasteiger partial charge >= 0.3 is 5.97 Å². The summed E-state index contributed by atoms with van der Waals surface area (Å²) in [7, 11) is 1.48. The van der Waals surface area contributed by atoms with Crippen LogP contribution in [0.25, 0.3) is 0 Å². The van der Waals surface area contributed by atoms with E-state index >= 15 is 0 Å². The third-order valence-corrected chi connectivity index (χ3v) is 2.74. The molecule has 0 aliphatic carbocycles. The standard InChI is InChI=1S/C14H15FN2O4/c1-3-20-14(18)12(9-6-4-5-7-10(9)15)13-16-11(8-19-2)17-21-13/h4-7,12H,3,8H2,1-2H3. The molecule has 0 radical (unpaired) electrons. The monoisotopic (exact) mass is 294 g/mol. The summed E-state index contributed by atoms with van der Waals surface area (Å²) in [6.07, 6.45) is 0. The van der Waals surface area contributed by atoms with Gasteiger partial charge in [0, 0.05) is 12.7 Å². The van der Waals surface area contributed by atoms with Gasteiger partial charge in [0.1, 0.15) is 12.4 Å². The molecule has 2 aromatic rings. The Bertz CT molecular complexity index is 615. The smallest absolute Gasteiger partial charge is 0.323 e. The highest BCUT2D eigenvalue weighted by Crippen LogP contribution is 2.27. The fraction of sp³-hybridized carbons (Fsp3) is 0.357.